The van der Waals surface area contributed by atoms with Crippen LogP contribution in [0.5, 0.6) is 0 Å². The maximum atomic E-state index is 4.64. The van der Waals surface area contributed by atoms with Gasteiger partial charge in [0.25, 0.3) is 0 Å². The zero-order valence-electron chi connectivity index (χ0n) is 18.4. The van der Waals surface area contributed by atoms with E-state index in [-0.39, 0.29) is 0 Å². The van der Waals surface area contributed by atoms with Crippen molar-refractivity contribution in [2.45, 2.75) is 0 Å². The molecule has 0 amide bonds. The number of hydrogen-bond acceptors (Lipinski definition) is 5. The molecular formula is C30H16N2S3. The van der Waals surface area contributed by atoms with Gasteiger partial charge in [-0.3, -0.25) is 0 Å². The summed E-state index contributed by atoms with van der Waals surface area (Å²) in [5.74, 6) is 13.0. The topological polar surface area (TPSA) is 25.8 Å². The monoisotopic (exact) mass is 500 g/mol. The van der Waals surface area contributed by atoms with Crippen molar-refractivity contribution >= 4 is 45.4 Å². The number of hydrogen-bond donors (Lipinski definition) is 0. The van der Waals surface area contributed by atoms with E-state index in [0.717, 1.165) is 52.8 Å². The summed E-state index contributed by atoms with van der Waals surface area (Å²) >= 11 is 4.62. The highest BCUT2D eigenvalue weighted by Gasteiger charge is 2.15. The molecule has 2 nitrogen and oxygen atoms in total. The smallest absolute Gasteiger partial charge is 0.114 e. The van der Waals surface area contributed by atoms with Crippen molar-refractivity contribution in [2.24, 2.45) is 0 Å². The Labute approximate surface area is 215 Å². The van der Waals surface area contributed by atoms with E-state index in [2.05, 4.69) is 68.8 Å². The molecule has 0 aliphatic rings. The number of thiophene rings is 2. The molecule has 0 bridgehead atoms. The van der Waals surface area contributed by atoms with Crippen LogP contribution in [0.25, 0.3) is 31.9 Å². The van der Waals surface area contributed by atoms with Crippen LogP contribution in [0.3, 0.4) is 0 Å². The van der Waals surface area contributed by atoms with Crippen molar-refractivity contribution in [3.05, 3.63) is 118 Å². The van der Waals surface area contributed by atoms with Crippen molar-refractivity contribution in [3.8, 4) is 44.6 Å². The Morgan fingerprint density at radius 3 is 1.37 bits per heavy atom. The zero-order chi connectivity index (χ0) is 23.5. The van der Waals surface area contributed by atoms with E-state index in [9.17, 15) is 0 Å². The van der Waals surface area contributed by atoms with E-state index in [1.54, 1.807) is 22.7 Å². The molecule has 3 heterocycles. The van der Waals surface area contributed by atoms with Crippen LogP contribution < -0.4 is 0 Å². The van der Waals surface area contributed by atoms with Crippen LogP contribution in [-0.2, 0) is 0 Å². The highest BCUT2D eigenvalue weighted by atomic mass is 32.1. The van der Waals surface area contributed by atoms with Gasteiger partial charge in [0.1, 0.15) is 11.0 Å². The fourth-order valence-electron chi connectivity index (χ4n) is 3.67. The summed E-state index contributed by atoms with van der Waals surface area (Å²) in [5, 5.41) is 0. The number of fused-ring (bicyclic) bond motifs is 1. The minimum atomic E-state index is 0.933. The summed E-state index contributed by atoms with van der Waals surface area (Å²) < 4.78 is 9.29. The van der Waals surface area contributed by atoms with Gasteiger partial charge in [0, 0.05) is 32.0 Å². The fourth-order valence-corrected chi connectivity index (χ4v) is 6.02. The zero-order valence-corrected chi connectivity index (χ0v) is 20.8. The highest BCUT2D eigenvalue weighted by molar-refractivity contribution is 7.16. The highest BCUT2D eigenvalue weighted by Crippen LogP contribution is 2.39. The van der Waals surface area contributed by atoms with Crippen molar-refractivity contribution in [2.75, 3.05) is 0 Å². The van der Waals surface area contributed by atoms with Crippen molar-refractivity contribution in [3.63, 3.8) is 0 Å². The molecule has 0 atom stereocenters. The summed E-state index contributed by atoms with van der Waals surface area (Å²) in [4.78, 5) is 4.35. The van der Waals surface area contributed by atoms with E-state index in [0.29, 0.717) is 0 Å². The van der Waals surface area contributed by atoms with Crippen molar-refractivity contribution < 1.29 is 0 Å². The van der Waals surface area contributed by atoms with E-state index in [1.165, 1.54) is 11.7 Å². The lowest BCUT2D eigenvalue weighted by Crippen LogP contribution is -1.81. The first-order valence-electron chi connectivity index (χ1n) is 10.9. The lowest BCUT2D eigenvalue weighted by atomic mass is 10.1. The predicted octanol–water partition coefficient (Wildman–Crippen LogP) is 7.95. The minimum absolute atomic E-state index is 0.933. The maximum Gasteiger partial charge on any atom is 0.114 e. The van der Waals surface area contributed by atoms with Gasteiger partial charge in [-0.2, -0.15) is 8.75 Å². The molecule has 6 rings (SSSR count). The van der Waals surface area contributed by atoms with Gasteiger partial charge < -0.3 is 0 Å². The number of rotatable bonds is 2. The lowest BCUT2D eigenvalue weighted by molar-refractivity contribution is 1.63. The standard InChI is InChI=1S/C30H16N2S3/c1-3-7-21(8-4-1)11-13-23-15-19-27(33-23)25-17-18-26(30-29(25)31-35-32-30)28-20-16-24(34-28)14-12-22-9-5-2-6-10-22/h1-10,15-20H. The van der Waals surface area contributed by atoms with Crippen LogP contribution in [0, 0.1) is 23.7 Å². The molecule has 6 aromatic rings. The molecule has 0 N–H and O–H groups in total. The van der Waals surface area contributed by atoms with E-state index >= 15 is 0 Å². The van der Waals surface area contributed by atoms with Gasteiger partial charge in [-0.1, -0.05) is 72.2 Å². The molecule has 3 aromatic carbocycles. The summed E-state index contributed by atoms with van der Waals surface area (Å²) in [5.41, 5.74) is 6.08. The lowest BCUT2D eigenvalue weighted by Gasteiger charge is -2.03. The van der Waals surface area contributed by atoms with Crippen LogP contribution in [-0.4, -0.2) is 8.75 Å². The molecular weight excluding hydrogens is 485 g/mol. The second-order valence-corrected chi connectivity index (χ2v) is 10.4. The van der Waals surface area contributed by atoms with E-state index in [4.69, 9.17) is 0 Å². The number of benzene rings is 3. The van der Waals surface area contributed by atoms with Gasteiger partial charge in [-0.25, -0.2) is 0 Å². The molecule has 0 saturated heterocycles. The molecule has 3 aromatic heterocycles. The molecule has 0 aliphatic carbocycles. The second-order valence-electron chi connectivity index (χ2n) is 7.68. The molecule has 164 valence electrons. The summed E-state index contributed by atoms with van der Waals surface area (Å²) in [6.07, 6.45) is 0. The largest absolute Gasteiger partial charge is 0.172 e. The quantitative estimate of drug-likeness (QED) is 0.226. The third-order valence-electron chi connectivity index (χ3n) is 5.37. The van der Waals surface area contributed by atoms with Crippen molar-refractivity contribution in [1.82, 2.24) is 8.75 Å². The number of nitrogens with zero attached hydrogens (tertiary/aromatic N) is 2. The van der Waals surface area contributed by atoms with Gasteiger partial charge in [-0.05, 0) is 48.5 Å². The van der Waals surface area contributed by atoms with E-state index in [1.807, 2.05) is 60.7 Å². The first-order chi connectivity index (χ1) is 17.3. The maximum absolute atomic E-state index is 4.64. The average Bonchev–Trinajstić information content (AvgIpc) is 3.68. The Hall–Kier alpha value is -4.00. The average molecular weight is 501 g/mol. The predicted molar refractivity (Wildman–Crippen MR) is 149 cm³/mol. The molecule has 0 spiro atoms. The molecule has 5 heteroatoms. The normalized spacial score (nSPS) is 10.4. The number of aromatic nitrogens is 2. The second kappa shape index (κ2) is 9.70. The van der Waals surface area contributed by atoms with Gasteiger partial charge in [0.05, 0.1) is 21.5 Å². The van der Waals surface area contributed by atoms with Crippen LogP contribution in [0.2, 0.25) is 0 Å². The van der Waals surface area contributed by atoms with E-state index < -0.39 is 0 Å². The van der Waals surface area contributed by atoms with Gasteiger partial charge >= 0.3 is 0 Å². The molecule has 35 heavy (non-hydrogen) atoms. The first-order valence-corrected chi connectivity index (χ1v) is 13.3. The Morgan fingerprint density at radius 2 is 0.914 bits per heavy atom. The van der Waals surface area contributed by atoms with Gasteiger partial charge in [0.15, 0.2) is 0 Å². The fraction of sp³-hybridized carbons (Fsp3) is 0. The molecule has 0 aliphatic heterocycles. The summed E-state index contributed by atoms with van der Waals surface area (Å²) in [6.45, 7) is 0. The summed E-state index contributed by atoms with van der Waals surface area (Å²) in [6, 6.07) is 32.8. The summed E-state index contributed by atoms with van der Waals surface area (Å²) in [7, 11) is 0. The molecule has 0 fully saturated rings. The third kappa shape index (κ3) is 4.67. The van der Waals surface area contributed by atoms with Crippen LogP contribution in [0.1, 0.15) is 20.9 Å². The van der Waals surface area contributed by atoms with Crippen LogP contribution in [0.15, 0.2) is 97.1 Å². The van der Waals surface area contributed by atoms with Gasteiger partial charge in [0.2, 0.25) is 0 Å². The Kier molecular flexibility index (Phi) is 5.97. The van der Waals surface area contributed by atoms with Crippen molar-refractivity contribution in [1.29, 1.82) is 0 Å². The molecule has 0 radical (unpaired) electrons. The SMILES string of the molecule is C(#Cc1ccc(-c2ccc(-c3ccc(C#Cc4ccccc4)s3)c3nsnc23)s1)c1ccccc1. The van der Waals surface area contributed by atoms with Crippen LogP contribution >= 0.6 is 34.4 Å². The first kappa shape index (κ1) is 21.5. The Balaban J connectivity index is 1.31. The minimum Gasteiger partial charge on any atom is -0.172 e. The third-order valence-corrected chi connectivity index (χ3v) is 7.96. The van der Waals surface area contributed by atoms with Gasteiger partial charge in [-0.15, -0.1) is 22.7 Å². The molecule has 0 unspecified atom stereocenters. The molecule has 0 saturated carbocycles. The Bertz CT molecular complexity index is 1620. The Morgan fingerprint density at radius 1 is 0.457 bits per heavy atom. The van der Waals surface area contributed by atoms with Crippen LogP contribution in [0.4, 0.5) is 0 Å².